The first kappa shape index (κ1) is 13.6. The molecule has 0 saturated heterocycles. The highest BCUT2D eigenvalue weighted by Crippen LogP contribution is 2.32. The van der Waals surface area contributed by atoms with Crippen molar-refractivity contribution in [3.63, 3.8) is 0 Å². The van der Waals surface area contributed by atoms with Gasteiger partial charge in [-0.15, -0.1) is 11.3 Å². The zero-order valence-corrected chi connectivity index (χ0v) is 13.6. The van der Waals surface area contributed by atoms with Crippen molar-refractivity contribution in [2.45, 2.75) is 25.3 Å². The van der Waals surface area contributed by atoms with Crippen LogP contribution in [0, 0.1) is 0 Å². The molecule has 2 aromatic rings. The van der Waals surface area contributed by atoms with E-state index in [1.54, 1.807) is 0 Å². The number of halogens is 2. The van der Waals surface area contributed by atoms with E-state index >= 15 is 0 Å². The number of aryl methyl sites for hydroxylation is 1. The quantitative estimate of drug-likeness (QED) is 0.814. The monoisotopic (exact) mass is 355 g/mol. The summed E-state index contributed by atoms with van der Waals surface area (Å²) in [5.74, 6) is 0. The van der Waals surface area contributed by atoms with Gasteiger partial charge in [0, 0.05) is 22.5 Å². The van der Waals surface area contributed by atoms with Crippen LogP contribution in [0.2, 0.25) is 5.02 Å². The fourth-order valence-electron chi connectivity index (χ4n) is 2.65. The van der Waals surface area contributed by atoms with Gasteiger partial charge in [0.1, 0.15) is 0 Å². The highest BCUT2D eigenvalue weighted by atomic mass is 79.9. The third-order valence-electron chi connectivity index (χ3n) is 3.57. The minimum absolute atomic E-state index is 0.496. The van der Waals surface area contributed by atoms with Crippen LogP contribution in [0.15, 0.2) is 34.1 Å². The second-order valence-electron chi connectivity index (χ2n) is 4.84. The Labute approximate surface area is 131 Å². The number of rotatable bonds is 4. The molecule has 1 aliphatic rings. The van der Waals surface area contributed by atoms with Crippen molar-refractivity contribution < 1.29 is 0 Å². The second kappa shape index (κ2) is 5.96. The summed E-state index contributed by atoms with van der Waals surface area (Å²) in [6, 6.07) is 11.1. The normalized spacial score (nSPS) is 17.7. The Morgan fingerprint density at radius 1 is 1.32 bits per heavy atom. The summed E-state index contributed by atoms with van der Waals surface area (Å²) in [5.41, 5.74) is 2.83. The highest BCUT2D eigenvalue weighted by Gasteiger charge is 2.21. The molecule has 19 heavy (non-hydrogen) atoms. The van der Waals surface area contributed by atoms with Crippen molar-refractivity contribution in [3.05, 3.63) is 55.1 Å². The van der Waals surface area contributed by atoms with Crippen LogP contribution in [0.1, 0.15) is 28.5 Å². The van der Waals surface area contributed by atoms with Gasteiger partial charge in [0.2, 0.25) is 0 Å². The van der Waals surface area contributed by atoms with Crippen LogP contribution in [0.25, 0.3) is 0 Å². The Morgan fingerprint density at radius 2 is 2.21 bits per heavy atom. The molecule has 0 radical (unpaired) electrons. The molecule has 3 rings (SSSR count). The first-order chi connectivity index (χ1) is 9.22. The predicted octanol–water partition coefficient (Wildman–Crippen LogP) is 4.98. The third kappa shape index (κ3) is 3.22. The first-order valence-corrected chi connectivity index (χ1v) is 8.47. The van der Waals surface area contributed by atoms with Gasteiger partial charge < -0.3 is 5.32 Å². The minimum Gasteiger partial charge on any atom is -0.310 e. The first-order valence-electron chi connectivity index (χ1n) is 6.48. The molecule has 0 bridgehead atoms. The Balaban J connectivity index is 1.58. The SMILES string of the molecule is Clc1ccc2c(c1)CCC2NCCc1ccc(Br)s1. The average Bonchev–Trinajstić information content (AvgIpc) is 2.96. The van der Waals surface area contributed by atoms with Gasteiger partial charge >= 0.3 is 0 Å². The Morgan fingerprint density at radius 3 is 3.00 bits per heavy atom. The van der Waals surface area contributed by atoms with E-state index in [0.29, 0.717) is 6.04 Å². The van der Waals surface area contributed by atoms with E-state index < -0.39 is 0 Å². The number of fused-ring (bicyclic) bond motifs is 1. The average molecular weight is 357 g/mol. The van der Waals surface area contributed by atoms with Crippen molar-refractivity contribution >= 4 is 38.9 Å². The molecule has 0 saturated carbocycles. The van der Waals surface area contributed by atoms with Crippen LogP contribution < -0.4 is 5.32 Å². The van der Waals surface area contributed by atoms with Crippen molar-refractivity contribution in [2.24, 2.45) is 0 Å². The number of hydrogen-bond donors (Lipinski definition) is 1. The molecule has 1 N–H and O–H groups in total. The lowest BCUT2D eigenvalue weighted by molar-refractivity contribution is 0.535. The van der Waals surface area contributed by atoms with Gasteiger partial charge in [0.25, 0.3) is 0 Å². The molecule has 1 heterocycles. The Bertz CT molecular complexity index is 581. The van der Waals surface area contributed by atoms with Gasteiger partial charge in [0.05, 0.1) is 3.79 Å². The van der Waals surface area contributed by atoms with Crippen LogP contribution in [-0.4, -0.2) is 6.54 Å². The molecule has 1 unspecified atom stereocenters. The summed E-state index contributed by atoms with van der Waals surface area (Å²) < 4.78 is 1.21. The lowest BCUT2D eigenvalue weighted by atomic mass is 10.1. The molecule has 1 aliphatic carbocycles. The Hall–Kier alpha value is -0.350. The lowest BCUT2D eigenvalue weighted by Crippen LogP contribution is -2.21. The number of thiophene rings is 1. The zero-order chi connectivity index (χ0) is 13.2. The molecule has 1 aromatic carbocycles. The summed E-state index contributed by atoms with van der Waals surface area (Å²) in [6.45, 7) is 1.03. The van der Waals surface area contributed by atoms with Crippen LogP contribution >= 0.6 is 38.9 Å². The molecule has 1 atom stereocenters. The Kier molecular flexibility index (Phi) is 4.27. The molecule has 0 amide bonds. The van der Waals surface area contributed by atoms with Gasteiger partial charge in [-0.1, -0.05) is 17.7 Å². The summed E-state index contributed by atoms with van der Waals surface area (Å²) in [6.07, 6.45) is 3.41. The van der Waals surface area contributed by atoms with Gasteiger partial charge in [-0.05, 0) is 70.6 Å². The van der Waals surface area contributed by atoms with Gasteiger partial charge in [0.15, 0.2) is 0 Å². The van der Waals surface area contributed by atoms with Crippen LogP contribution in [0.4, 0.5) is 0 Å². The standard InChI is InChI=1S/C15H15BrClNS/c16-15-6-3-12(19-15)7-8-18-14-5-1-10-9-11(17)2-4-13(10)14/h2-4,6,9,14,18H,1,5,7-8H2. The minimum atomic E-state index is 0.496. The molecular formula is C15H15BrClNS. The largest absolute Gasteiger partial charge is 0.310 e. The molecule has 1 nitrogen and oxygen atoms in total. The van der Waals surface area contributed by atoms with Gasteiger partial charge in [-0.2, -0.15) is 0 Å². The van der Waals surface area contributed by atoms with E-state index in [1.165, 1.54) is 26.2 Å². The topological polar surface area (TPSA) is 12.0 Å². The second-order valence-corrected chi connectivity index (χ2v) is 7.83. The molecule has 4 heteroatoms. The van der Waals surface area contributed by atoms with Crippen LogP contribution in [-0.2, 0) is 12.8 Å². The molecule has 0 aliphatic heterocycles. The maximum atomic E-state index is 6.03. The summed E-state index contributed by atoms with van der Waals surface area (Å²) in [7, 11) is 0. The molecule has 0 fully saturated rings. The summed E-state index contributed by atoms with van der Waals surface area (Å²) in [4.78, 5) is 1.42. The van der Waals surface area contributed by atoms with Crippen LogP contribution in [0.5, 0.6) is 0 Å². The maximum absolute atomic E-state index is 6.03. The van der Waals surface area contributed by atoms with Gasteiger partial charge in [-0.3, -0.25) is 0 Å². The van der Waals surface area contributed by atoms with E-state index in [4.69, 9.17) is 11.6 Å². The predicted molar refractivity (Wildman–Crippen MR) is 86.2 cm³/mol. The number of hydrogen-bond acceptors (Lipinski definition) is 2. The van der Waals surface area contributed by atoms with Crippen molar-refractivity contribution in [1.29, 1.82) is 0 Å². The lowest BCUT2D eigenvalue weighted by Gasteiger charge is -2.13. The number of benzene rings is 1. The van der Waals surface area contributed by atoms with Crippen LogP contribution in [0.3, 0.4) is 0 Å². The fraction of sp³-hybridized carbons (Fsp3) is 0.333. The van der Waals surface area contributed by atoms with E-state index in [1.807, 2.05) is 17.4 Å². The van der Waals surface area contributed by atoms with E-state index in [2.05, 4.69) is 45.5 Å². The molecule has 1 aromatic heterocycles. The molecular weight excluding hydrogens is 342 g/mol. The zero-order valence-electron chi connectivity index (χ0n) is 10.5. The van der Waals surface area contributed by atoms with E-state index in [-0.39, 0.29) is 0 Å². The summed E-state index contributed by atoms with van der Waals surface area (Å²) >= 11 is 11.4. The number of nitrogens with one attached hydrogen (secondary N) is 1. The summed E-state index contributed by atoms with van der Waals surface area (Å²) in [5, 5.41) is 4.51. The highest BCUT2D eigenvalue weighted by molar-refractivity contribution is 9.11. The molecule has 0 spiro atoms. The molecule has 100 valence electrons. The third-order valence-corrected chi connectivity index (χ3v) is 5.49. The smallest absolute Gasteiger partial charge is 0.0701 e. The van der Waals surface area contributed by atoms with E-state index in [9.17, 15) is 0 Å². The van der Waals surface area contributed by atoms with E-state index in [0.717, 1.165) is 24.4 Å². The van der Waals surface area contributed by atoms with Crippen molar-refractivity contribution in [2.75, 3.05) is 6.54 Å². The van der Waals surface area contributed by atoms with Crippen molar-refractivity contribution in [3.8, 4) is 0 Å². The fourth-order valence-corrected chi connectivity index (χ4v) is 4.33. The van der Waals surface area contributed by atoms with Gasteiger partial charge in [-0.25, -0.2) is 0 Å². The van der Waals surface area contributed by atoms with Crippen molar-refractivity contribution in [1.82, 2.24) is 5.32 Å². The maximum Gasteiger partial charge on any atom is 0.0701 e.